The van der Waals surface area contributed by atoms with Crippen LogP contribution >= 0.6 is 11.6 Å². The zero-order chi connectivity index (χ0) is 14.7. The first-order chi connectivity index (χ1) is 9.47. The molecule has 1 aromatic carbocycles. The molecule has 0 spiro atoms. The van der Waals surface area contributed by atoms with Crippen LogP contribution in [0.25, 0.3) is 0 Å². The summed E-state index contributed by atoms with van der Waals surface area (Å²) in [6.45, 7) is 4.61. The van der Waals surface area contributed by atoms with Crippen LogP contribution in [0.1, 0.15) is 31.9 Å². The molecule has 1 amide bonds. The maximum Gasteiger partial charge on any atom is 0.237 e. The Hall–Kier alpha value is -1.10. The molecule has 0 aliphatic carbocycles. The highest BCUT2D eigenvalue weighted by atomic mass is 35.5. The van der Waals surface area contributed by atoms with E-state index in [4.69, 9.17) is 11.6 Å². The number of benzene rings is 1. The minimum Gasteiger partial charge on any atom is -0.392 e. The quantitative estimate of drug-likeness (QED) is 0.795. The summed E-state index contributed by atoms with van der Waals surface area (Å²) < 4.78 is 0. The molecule has 4 nitrogen and oxygen atoms in total. The number of aliphatic hydroxyl groups excluding tert-OH is 1. The van der Waals surface area contributed by atoms with E-state index in [0.717, 1.165) is 5.56 Å². The molecule has 3 atom stereocenters. The van der Waals surface area contributed by atoms with E-state index in [-0.39, 0.29) is 23.9 Å². The molecule has 1 aromatic rings. The summed E-state index contributed by atoms with van der Waals surface area (Å²) in [4.78, 5) is 12.2. The van der Waals surface area contributed by atoms with E-state index >= 15 is 0 Å². The van der Waals surface area contributed by atoms with E-state index in [2.05, 4.69) is 24.5 Å². The lowest BCUT2D eigenvalue weighted by Crippen LogP contribution is -2.43. The smallest absolute Gasteiger partial charge is 0.237 e. The Bertz CT molecular complexity index is 461. The lowest BCUT2D eigenvalue weighted by Gasteiger charge is -2.24. The van der Waals surface area contributed by atoms with Crippen LogP contribution in [-0.2, 0) is 4.79 Å². The monoisotopic (exact) mass is 296 g/mol. The topological polar surface area (TPSA) is 61.4 Å². The highest BCUT2D eigenvalue weighted by molar-refractivity contribution is 6.30. The lowest BCUT2D eigenvalue weighted by molar-refractivity contribution is -0.124. The number of nitrogens with one attached hydrogen (secondary N) is 2. The molecule has 1 heterocycles. The lowest BCUT2D eigenvalue weighted by atomic mass is 9.95. The fraction of sp³-hybridized carbons (Fsp3) is 0.533. The van der Waals surface area contributed by atoms with Gasteiger partial charge in [0, 0.05) is 11.6 Å². The number of amides is 1. The maximum atomic E-state index is 12.2. The van der Waals surface area contributed by atoms with Crippen molar-refractivity contribution in [2.75, 3.05) is 6.54 Å². The van der Waals surface area contributed by atoms with E-state index in [1.807, 2.05) is 24.3 Å². The summed E-state index contributed by atoms with van der Waals surface area (Å²) in [7, 11) is 0. The van der Waals surface area contributed by atoms with Crippen molar-refractivity contribution >= 4 is 17.5 Å². The fourth-order valence-corrected chi connectivity index (χ4v) is 2.60. The standard InChI is InChI=1S/C15H21ClN2O2/c1-9(2)14(10-3-5-11(16)6-4-10)18-15(20)13-7-12(19)8-17-13/h3-6,9,12-14,17,19H,7-8H2,1-2H3,(H,18,20). The van der Waals surface area contributed by atoms with Crippen molar-refractivity contribution in [1.82, 2.24) is 10.6 Å². The molecule has 5 heteroatoms. The molecule has 110 valence electrons. The van der Waals surface area contributed by atoms with Gasteiger partial charge in [0.1, 0.15) is 0 Å². The molecule has 0 saturated carbocycles. The predicted octanol–water partition coefficient (Wildman–Crippen LogP) is 1.88. The average molecular weight is 297 g/mol. The van der Waals surface area contributed by atoms with Gasteiger partial charge in [-0.25, -0.2) is 0 Å². The van der Waals surface area contributed by atoms with Crippen molar-refractivity contribution in [3.8, 4) is 0 Å². The summed E-state index contributed by atoms with van der Waals surface area (Å²) >= 11 is 5.90. The molecule has 1 aliphatic heterocycles. The molecule has 3 N–H and O–H groups in total. The molecule has 1 saturated heterocycles. The van der Waals surface area contributed by atoms with Crippen LogP contribution in [-0.4, -0.2) is 29.7 Å². The van der Waals surface area contributed by atoms with Crippen molar-refractivity contribution in [2.24, 2.45) is 5.92 Å². The zero-order valence-electron chi connectivity index (χ0n) is 11.8. The molecule has 0 radical (unpaired) electrons. The Labute approximate surface area is 124 Å². The van der Waals surface area contributed by atoms with Crippen LogP contribution in [0.2, 0.25) is 5.02 Å². The van der Waals surface area contributed by atoms with Gasteiger partial charge in [0.2, 0.25) is 5.91 Å². The second-order valence-electron chi connectivity index (χ2n) is 5.63. The van der Waals surface area contributed by atoms with E-state index in [0.29, 0.717) is 18.0 Å². The molecular weight excluding hydrogens is 276 g/mol. The summed E-state index contributed by atoms with van der Waals surface area (Å²) in [5.41, 5.74) is 1.04. The largest absolute Gasteiger partial charge is 0.392 e. The molecule has 2 rings (SSSR count). The first-order valence-corrected chi connectivity index (χ1v) is 7.32. The fourth-order valence-electron chi connectivity index (χ4n) is 2.48. The van der Waals surface area contributed by atoms with Gasteiger partial charge >= 0.3 is 0 Å². The Balaban J connectivity index is 2.06. The van der Waals surface area contributed by atoms with Crippen LogP contribution in [0.15, 0.2) is 24.3 Å². The first-order valence-electron chi connectivity index (χ1n) is 6.94. The van der Waals surface area contributed by atoms with E-state index in [1.54, 1.807) is 0 Å². The Morgan fingerprint density at radius 3 is 2.55 bits per heavy atom. The Kier molecular flexibility index (Phi) is 5.02. The third kappa shape index (κ3) is 3.72. The third-order valence-corrected chi connectivity index (χ3v) is 3.87. The summed E-state index contributed by atoms with van der Waals surface area (Å²) in [5, 5.41) is 16.3. The number of carbonyl (C=O) groups excluding carboxylic acids is 1. The SMILES string of the molecule is CC(C)C(NC(=O)C1CC(O)CN1)c1ccc(Cl)cc1. The van der Waals surface area contributed by atoms with Crippen LogP contribution in [0.3, 0.4) is 0 Å². The highest BCUT2D eigenvalue weighted by Crippen LogP contribution is 2.23. The molecule has 1 fully saturated rings. The number of hydrogen-bond donors (Lipinski definition) is 3. The van der Waals surface area contributed by atoms with Crippen molar-refractivity contribution in [2.45, 2.75) is 38.5 Å². The predicted molar refractivity (Wildman–Crippen MR) is 79.6 cm³/mol. The Morgan fingerprint density at radius 1 is 1.40 bits per heavy atom. The van der Waals surface area contributed by atoms with Gasteiger partial charge < -0.3 is 15.7 Å². The van der Waals surface area contributed by atoms with Gasteiger partial charge in [-0.05, 0) is 30.0 Å². The van der Waals surface area contributed by atoms with Crippen molar-refractivity contribution in [3.63, 3.8) is 0 Å². The number of rotatable bonds is 4. The van der Waals surface area contributed by atoms with Crippen LogP contribution in [0, 0.1) is 5.92 Å². The third-order valence-electron chi connectivity index (χ3n) is 3.62. The van der Waals surface area contributed by atoms with Crippen molar-refractivity contribution < 1.29 is 9.90 Å². The van der Waals surface area contributed by atoms with Crippen LogP contribution in [0.5, 0.6) is 0 Å². The average Bonchev–Trinajstić information content (AvgIpc) is 2.83. The summed E-state index contributed by atoms with van der Waals surface area (Å²) in [5.74, 6) is 0.210. The zero-order valence-corrected chi connectivity index (χ0v) is 12.5. The second-order valence-corrected chi connectivity index (χ2v) is 6.07. The van der Waals surface area contributed by atoms with E-state index in [9.17, 15) is 9.90 Å². The second kappa shape index (κ2) is 6.57. The molecule has 20 heavy (non-hydrogen) atoms. The number of carbonyl (C=O) groups is 1. The molecule has 0 bridgehead atoms. The van der Waals surface area contributed by atoms with Crippen molar-refractivity contribution in [1.29, 1.82) is 0 Å². The summed E-state index contributed by atoms with van der Waals surface area (Å²) in [6.07, 6.45) is 0.0378. The van der Waals surface area contributed by atoms with Gasteiger partial charge in [-0.2, -0.15) is 0 Å². The van der Waals surface area contributed by atoms with Crippen molar-refractivity contribution in [3.05, 3.63) is 34.9 Å². The first kappa shape index (κ1) is 15.3. The number of aliphatic hydroxyl groups is 1. The van der Waals surface area contributed by atoms with Crippen LogP contribution < -0.4 is 10.6 Å². The molecular formula is C15H21ClN2O2. The Morgan fingerprint density at radius 2 is 2.05 bits per heavy atom. The number of hydrogen-bond acceptors (Lipinski definition) is 3. The number of halogens is 1. The highest BCUT2D eigenvalue weighted by Gasteiger charge is 2.30. The van der Waals surface area contributed by atoms with Gasteiger partial charge in [-0.1, -0.05) is 37.6 Å². The molecule has 1 aliphatic rings. The van der Waals surface area contributed by atoms with Gasteiger partial charge in [0.05, 0.1) is 18.2 Å². The normalized spacial score (nSPS) is 23.9. The van der Waals surface area contributed by atoms with Gasteiger partial charge in [-0.3, -0.25) is 4.79 Å². The minimum absolute atomic E-state index is 0.0562. The van der Waals surface area contributed by atoms with Gasteiger partial charge in [0.15, 0.2) is 0 Å². The number of β-amino-alcohol motifs (C(OH)–C–C–N with tert-alkyl or cyclic N) is 1. The molecule has 3 unspecified atom stereocenters. The van der Waals surface area contributed by atoms with Crippen LogP contribution in [0.4, 0.5) is 0 Å². The van der Waals surface area contributed by atoms with E-state index in [1.165, 1.54) is 0 Å². The maximum absolute atomic E-state index is 12.2. The van der Waals surface area contributed by atoms with E-state index < -0.39 is 6.10 Å². The summed E-state index contributed by atoms with van der Waals surface area (Å²) in [6, 6.07) is 7.17. The van der Waals surface area contributed by atoms with Gasteiger partial charge in [-0.15, -0.1) is 0 Å². The molecule has 0 aromatic heterocycles. The van der Waals surface area contributed by atoms with Gasteiger partial charge in [0.25, 0.3) is 0 Å². The minimum atomic E-state index is -0.432.